The number of amides is 1. The fourth-order valence-corrected chi connectivity index (χ4v) is 0.760. The smallest absolute Gasteiger partial charge is 0.408 e. The first-order valence-electron chi connectivity index (χ1n) is 4.54. The lowest BCUT2D eigenvalue weighted by Crippen LogP contribution is -2.46. The van der Waals surface area contributed by atoms with E-state index in [9.17, 15) is 14.4 Å². The predicted octanol–water partition coefficient (Wildman–Crippen LogP) is 0.137. The van der Waals surface area contributed by atoms with Crippen molar-refractivity contribution in [3.63, 3.8) is 0 Å². The van der Waals surface area contributed by atoms with Gasteiger partial charge in [-0.2, -0.15) is 0 Å². The van der Waals surface area contributed by atoms with Crippen molar-refractivity contribution in [1.82, 2.24) is 5.32 Å². The summed E-state index contributed by atoms with van der Waals surface area (Å²) in [6.07, 6.45) is -0.880. The molecule has 92 valence electrons. The van der Waals surface area contributed by atoms with Gasteiger partial charge in [0.25, 0.3) is 6.47 Å². The van der Waals surface area contributed by atoms with Gasteiger partial charge in [0.1, 0.15) is 12.2 Å². The minimum absolute atomic E-state index is 0.104. The Bertz CT molecular complexity index is 270. The molecule has 0 aliphatic carbocycles. The highest BCUT2D eigenvalue weighted by Crippen LogP contribution is 2.06. The molecule has 0 aliphatic heterocycles. The summed E-state index contributed by atoms with van der Waals surface area (Å²) in [4.78, 5) is 31.7. The van der Waals surface area contributed by atoms with Crippen LogP contribution in [0.25, 0.3) is 0 Å². The van der Waals surface area contributed by atoms with E-state index in [0.29, 0.717) is 0 Å². The van der Waals surface area contributed by atoms with E-state index in [2.05, 4.69) is 10.1 Å². The lowest BCUT2D eigenvalue weighted by atomic mass is 10.2. The third kappa shape index (κ3) is 6.63. The van der Waals surface area contributed by atoms with E-state index in [0.717, 1.165) is 0 Å². The molecule has 0 unspecified atom stereocenters. The predicted molar refractivity (Wildman–Crippen MR) is 52.8 cm³/mol. The van der Waals surface area contributed by atoms with E-state index in [-0.39, 0.29) is 6.47 Å². The highest BCUT2D eigenvalue weighted by atomic mass is 16.6. The van der Waals surface area contributed by atoms with Gasteiger partial charge >= 0.3 is 12.1 Å². The Kier molecular flexibility index (Phi) is 5.27. The number of hydrogen-bond acceptors (Lipinski definition) is 5. The van der Waals surface area contributed by atoms with Crippen molar-refractivity contribution in [1.29, 1.82) is 0 Å². The van der Waals surface area contributed by atoms with E-state index in [1.54, 1.807) is 20.8 Å². The maximum Gasteiger partial charge on any atom is 0.408 e. The minimum atomic E-state index is -1.32. The molecule has 0 spiro atoms. The van der Waals surface area contributed by atoms with Crippen molar-refractivity contribution in [3.05, 3.63) is 0 Å². The van der Waals surface area contributed by atoms with Crippen LogP contribution in [0, 0.1) is 0 Å². The number of carbonyl (C=O) groups excluding carboxylic acids is 2. The average molecular weight is 233 g/mol. The molecule has 0 fully saturated rings. The quantitative estimate of drug-likeness (QED) is 0.655. The summed E-state index contributed by atoms with van der Waals surface area (Å²) in [5.74, 6) is -1.31. The van der Waals surface area contributed by atoms with E-state index in [1.165, 1.54) is 0 Å². The first-order chi connectivity index (χ1) is 7.26. The molecule has 16 heavy (non-hydrogen) atoms. The van der Waals surface area contributed by atoms with Crippen LogP contribution in [-0.2, 0) is 19.1 Å². The van der Waals surface area contributed by atoms with Crippen LogP contribution in [0.15, 0.2) is 0 Å². The second-order valence-corrected chi connectivity index (χ2v) is 3.97. The van der Waals surface area contributed by atoms with Crippen LogP contribution >= 0.6 is 0 Å². The van der Waals surface area contributed by atoms with Gasteiger partial charge in [-0.1, -0.05) is 0 Å². The zero-order valence-corrected chi connectivity index (χ0v) is 9.35. The molecule has 0 radical (unpaired) electrons. The molecule has 0 saturated carbocycles. The van der Waals surface area contributed by atoms with Gasteiger partial charge in [-0.25, -0.2) is 9.59 Å². The maximum absolute atomic E-state index is 11.2. The van der Waals surface area contributed by atoms with E-state index in [1.807, 2.05) is 0 Å². The number of rotatable bonds is 5. The molecule has 0 aromatic rings. The molecule has 7 heteroatoms. The Balaban J connectivity index is 4.23. The van der Waals surface area contributed by atoms with Gasteiger partial charge < -0.3 is 19.9 Å². The summed E-state index contributed by atoms with van der Waals surface area (Å²) >= 11 is 0. The summed E-state index contributed by atoms with van der Waals surface area (Å²) in [6.45, 7) is 4.59. The van der Waals surface area contributed by atoms with Crippen LogP contribution in [0.5, 0.6) is 0 Å². The second-order valence-electron chi connectivity index (χ2n) is 3.97. The minimum Gasteiger partial charge on any atom is -0.480 e. The Morgan fingerprint density at radius 2 is 2.00 bits per heavy atom. The van der Waals surface area contributed by atoms with Gasteiger partial charge in [0.2, 0.25) is 0 Å². The van der Waals surface area contributed by atoms with E-state index in [4.69, 9.17) is 9.84 Å². The van der Waals surface area contributed by atoms with Gasteiger partial charge in [0.15, 0.2) is 6.04 Å². The molecular weight excluding hydrogens is 218 g/mol. The largest absolute Gasteiger partial charge is 0.480 e. The monoisotopic (exact) mass is 233 g/mol. The van der Waals surface area contributed by atoms with Gasteiger partial charge in [-0.15, -0.1) is 0 Å². The molecule has 0 aromatic heterocycles. The highest BCUT2D eigenvalue weighted by Gasteiger charge is 2.24. The zero-order chi connectivity index (χ0) is 12.8. The summed E-state index contributed by atoms with van der Waals surface area (Å²) in [7, 11) is 0. The number of carbonyl (C=O) groups is 3. The molecule has 1 atom stereocenters. The maximum atomic E-state index is 11.2. The van der Waals surface area contributed by atoms with Gasteiger partial charge in [-0.3, -0.25) is 4.79 Å². The normalized spacial score (nSPS) is 12.4. The van der Waals surface area contributed by atoms with E-state index >= 15 is 0 Å². The molecule has 7 nitrogen and oxygen atoms in total. The van der Waals surface area contributed by atoms with E-state index < -0.39 is 30.3 Å². The van der Waals surface area contributed by atoms with Crippen molar-refractivity contribution in [3.8, 4) is 0 Å². The third-order valence-electron chi connectivity index (χ3n) is 1.32. The summed E-state index contributed by atoms with van der Waals surface area (Å²) in [5, 5.41) is 10.7. The fraction of sp³-hybridized carbons (Fsp3) is 0.667. The Morgan fingerprint density at radius 1 is 1.44 bits per heavy atom. The second kappa shape index (κ2) is 5.94. The van der Waals surface area contributed by atoms with Gasteiger partial charge in [0.05, 0.1) is 0 Å². The molecule has 0 rings (SSSR count). The lowest BCUT2D eigenvalue weighted by molar-refractivity contribution is -0.142. The summed E-state index contributed by atoms with van der Waals surface area (Å²) in [6, 6.07) is -1.32. The number of carboxylic acid groups (broad SMARTS) is 1. The zero-order valence-electron chi connectivity index (χ0n) is 9.35. The number of carboxylic acids is 1. The van der Waals surface area contributed by atoms with Crippen molar-refractivity contribution < 1.29 is 29.0 Å². The number of aliphatic carboxylic acids is 1. The Morgan fingerprint density at radius 3 is 2.38 bits per heavy atom. The van der Waals surface area contributed by atoms with Crippen LogP contribution in [0.4, 0.5) is 4.79 Å². The van der Waals surface area contributed by atoms with Crippen molar-refractivity contribution in [2.75, 3.05) is 6.61 Å². The number of hydrogen-bond donors (Lipinski definition) is 2. The standard InChI is InChI=1S/C9H15NO6/c1-9(2,3)16-8(14)10-6(7(12)13)4-15-5-11/h5-6H,4H2,1-3H3,(H,10,14)(H,12,13)/t6-/m0/s1. The fourth-order valence-electron chi connectivity index (χ4n) is 0.760. The molecule has 1 amide bonds. The van der Waals surface area contributed by atoms with Crippen LogP contribution in [0.1, 0.15) is 20.8 Å². The average Bonchev–Trinajstić information content (AvgIpc) is 2.08. The Labute approximate surface area is 92.7 Å². The molecule has 2 N–H and O–H groups in total. The lowest BCUT2D eigenvalue weighted by Gasteiger charge is -2.21. The van der Waals surface area contributed by atoms with Crippen molar-refractivity contribution in [2.45, 2.75) is 32.4 Å². The van der Waals surface area contributed by atoms with Crippen LogP contribution in [-0.4, -0.2) is 41.9 Å². The molecule has 0 aromatic carbocycles. The highest BCUT2D eigenvalue weighted by molar-refractivity contribution is 5.80. The van der Waals surface area contributed by atoms with Crippen LogP contribution in [0.2, 0.25) is 0 Å². The third-order valence-corrected chi connectivity index (χ3v) is 1.32. The molecular formula is C9H15NO6. The number of ether oxygens (including phenoxy) is 2. The number of nitrogens with one attached hydrogen (secondary N) is 1. The van der Waals surface area contributed by atoms with Crippen molar-refractivity contribution >= 4 is 18.5 Å². The van der Waals surface area contributed by atoms with Crippen LogP contribution in [0.3, 0.4) is 0 Å². The first kappa shape index (κ1) is 14.2. The number of alkyl carbamates (subject to hydrolysis) is 1. The van der Waals surface area contributed by atoms with Crippen molar-refractivity contribution in [2.24, 2.45) is 0 Å². The molecule has 0 aliphatic rings. The Hall–Kier alpha value is -1.79. The topological polar surface area (TPSA) is 102 Å². The van der Waals surface area contributed by atoms with Gasteiger partial charge in [0, 0.05) is 0 Å². The SMILES string of the molecule is CC(C)(C)OC(=O)N[C@@H](COC=O)C(=O)O. The summed E-state index contributed by atoms with van der Waals surface area (Å²) in [5.41, 5.74) is -0.724. The summed E-state index contributed by atoms with van der Waals surface area (Å²) < 4.78 is 9.10. The molecule has 0 heterocycles. The first-order valence-corrected chi connectivity index (χ1v) is 4.54. The molecule has 0 bridgehead atoms. The van der Waals surface area contributed by atoms with Crippen LogP contribution < -0.4 is 5.32 Å². The van der Waals surface area contributed by atoms with Gasteiger partial charge in [-0.05, 0) is 20.8 Å². The molecule has 0 saturated heterocycles.